The highest BCUT2D eigenvalue weighted by molar-refractivity contribution is 7.13. The van der Waals surface area contributed by atoms with Crippen molar-refractivity contribution in [3.8, 4) is 10.6 Å². The normalized spacial score (nSPS) is 20.1. The second kappa shape index (κ2) is 5.74. The van der Waals surface area contributed by atoms with Crippen LogP contribution in [0.5, 0.6) is 0 Å². The summed E-state index contributed by atoms with van der Waals surface area (Å²) in [5, 5.41) is 9.25. The van der Waals surface area contributed by atoms with Gasteiger partial charge in [0.2, 0.25) is 5.91 Å². The van der Waals surface area contributed by atoms with Crippen molar-refractivity contribution in [2.75, 3.05) is 19.6 Å². The van der Waals surface area contributed by atoms with Crippen LogP contribution in [0.4, 0.5) is 0 Å². The van der Waals surface area contributed by atoms with E-state index in [1.807, 2.05) is 28.5 Å². The first-order valence-electron chi connectivity index (χ1n) is 6.47. The van der Waals surface area contributed by atoms with Gasteiger partial charge in [-0.05, 0) is 11.4 Å². The molecular formula is C13H16N4O2S. The summed E-state index contributed by atoms with van der Waals surface area (Å²) < 4.78 is 5.35. The molecule has 3 rings (SSSR count). The number of primary amides is 1. The second-order valence-corrected chi connectivity index (χ2v) is 5.70. The Balaban J connectivity index is 1.72. The van der Waals surface area contributed by atoms with E-state index in [2.05, 4.69) is 10.5 Å². The van der Waals surface area contributed by atoms with Crippen molar-refractivity contribution < 1.29 is 9.32 Å². The molecule has 6 nitrogen and oxygen atoms in total. The molecule has 1 fully saturated rings. The third-order valence-electron chi connectivity index (χ3n) is 3.37. The molecule has 3 heterocycles. The minimum absolute atomic E-state index is 0.286. The van der Waals surface area contributed by atoms with Crippen molar-refractivity contribution in [1.82, 2.24) is 15.4 Å². The predicted octanol–water partition coefficient (Wildman–Crippen LogP) is 0.662. The number of piperazine rings is 1. The summed E-state index contributed by atoms with van der Waals surface area (Å²) in [5.74, 6) is 0.458. The van der Waals surface area contributed by atoms with Crippen molar-refractivity contribution in [3.05, 3.63) is 29.3 Å². The third-order valence-corrected chi connectivity index (χ3v) is 4.26. The number of rotatable bonds is 4. The lowest BCUT2D eigenvalue weighted by Crippen LogP contribution is -2.56. The number of nitrogens with zero attached hydrogens (tertiary/aromatic N) is 2. The van der Waals surface area contributed by atoms with Crippen LogP contribution in [0.25, 0.3) is 10.6 Å². The van der Waals surface area contributed by atoms with Crippen LogP contribution in [-0.2, 0) is 11.3 Å². The van der Waals surface area contributed by atoms with Gasteiger partial charge in [-0.2, -0.15) is 0 Å². The lowest BCUT2D eigenvalue weighted by molar-refractivity contribution is -0.124. The van der Waals surface area contributed by atoms with Crippen LogP contribution in [0.2, 0.25) is 0 Å². The van der Waals surface area contributed by atoms with Gasteiger partial charge in [-0.1, -0.05) is 11.2 Å². The Bertz CT molecular complexity index is 581. The van der Waals surface area contributed by atoms with Crippen molar-refractivity contribution in [3.63, 3.8) is 0 Å². The summed E-state index contributed by atoms with van der Waals surface area (Å²) in [5.41, 5.74) is 6.25. The maximum atomic E-state index is 11.4. The number of aromatic nitrogens is 1. The molecule has 0 radical (unpaired) electrons. The van der Waals surface area contributed by atoms with E-state index in [-0.39, 0.29) is 11.9 Å². The molecule has 0 saturated carbocycles. The van der Waals surface area contributed by atoms with E-state index in [1.165, 1.54) is 0 Å². The Kier molecular flexibility index (Phi) is 3.81. The molecule has 0 aromatic carbocycles. The molecule has 7 heteroatoms. The molecule has 3 N–H and O–H groups in total. The van der Waals surface area contributed by atoms with Crippen LogP contribution in [0.1, 0.15) is 5.69 Å². The van der Waals surface area contributed by atoms with Gasteiger partial charge in [0.15, 0.2) is 5.76 Å². The van der Waals surface area contributed by atoms with Gasteiger partial charge in [-0.25, -0.2) is 0 Å². The number of nitrogens with one attached hydrogen (secondary N) is 1. The van der Waals surface area contributed by atoms with Crippen molar-refractivity contribution >= 4 is 17.2 Å². The summed E-state index contributed by atoms with van der Waals surface area (Å²) in [7, 11) is 0. The predicted molar refractivity (Wildman–Crippen MR) is 76.1 cm³/mol. The van der Waals surface area contributed by atoms with Gasteiger partial charge in [0.05, 0.1) is 10.6 Å². The average Bonchev–Trinajstić information content (AvgIpc) is 3.09. The van der Waals surface area contributed by atoms with Gasteiger partial charge in [0, 0.05) is 32.2 Å². The number of hydrogen-bond acceptors (Lipinski definition) is 6. The molecule has 1 saturated heterocycles. The zero-order valence-corrected chi connectivity index (χ0v) is 11.7. The maximum absolute atomic E-state index is 11.4. The van der Waals surface area contributed by atoms with Crippen molar-refractivity contribution in [2.24, 2.45) is 5.73 Å². The zero-order valence-electron chi connectivity index (χ0n) is 10.9. The van der Waals surface area contributed by atoms with E-state index in [0.717, 1.165) is 29.4 Å². The number of thiophene rings is 1. The van der Waals surface area contributed by atoms with Crippen molar-refractivity contribution in [2.45, 2.75) is 12.6 Å². The van der Waals surface area contributed by atoms with Crippen LogP contribution in [-0.4, -0.2) is 41.6 Å². The standard InChI is InChI=1S/C13H16N4O2S/c14-13(18)10-7-15-3-4-17(10)8-9-6-11(19-16-9)12-2-1-5-20-12/h1-2,5-6,10,15H,3-4,7-8H2,(H2,14,18). The molecule has 2 aromatic rings. The summed E-state index contributed by atoms with van der Waals surface area (Å²) in [6.45, 7) is 2.78. The number of hydrogen-bond donors (Lipinski definition) is 2. The van der Waals surface area contributed by atoms with Crippen LogP contribution in [0.3, 0.4) is 0 Å². The Morgan fingerprint density at radius 1 is 1.65 bits per heavy atom. The van der Waals surface area contributed by atoms with Gasteiger partial charge in [-0.3, -0.25) is 9.69 Å². The quantitative estimate of drug-likeness (QED) is 0.865. The molecular weight excluding hydrogens is 276 g/mol. The van der Waals surface area contributed by atoms with Crippen LogP contribution in [0.15, 0.2) is 28.1 Å². The summed E-state index contributed by atoms with van der Waals surface area (Å²) in [6, 6.07) is 5.60. The summed E-state index contributed by atoms with van der Waals surface area (Å²) in [6.07, 6.45) is 0. The van der Waals surface area contributed by atoms with Gasteiger partial charge in [0.25, 0.3) is 0 Å². The molecule has 1 aliphatic rings. The third kappa shape index (κ3) is 2.74. The highest BCUT2D eigenvalue weighted by atomic mass is 32.1. The van der Waals surface area contributed by atoms with Gasteiger partial charge < -0.3 is 15.6 Å². The minimum atomic E-state index is -0.306. The largest absolute Gasteiger partial charge is 0.368 e. The Hall–Kier alpha value is -1.70. The van der Waals surface area contributed by atoms with E-state index < -0.39 is 0 Å². The number of carbonyl (C=O) groups is 1. The number of carbonyl (C=O) groups excluding carboxylic acids is 1. The van der Waals surface area contributed by atoms with Gasteiger partial charge >= 0.3 is 0 Å². The highest BCUT2D eigenvalue weighted by Gasteiger charge is 2.27. The second-order valence-electron chi connectivity index (χ2n) is 4.75. The lowest BCUT2D eigenvalue weighted by atomic mass is 10.1. The molecule has 106 valence electrons. The summed E-state index contributed by atoms with van der Waals surface area (Å²) >= 11 is 1.61. The molecule has 1 unspecified atom stereocenters. The van der Waals surface area contributed by atoms with E-state index in [9.17, 15) is 4.79 Å². The highest BCUT2D eigenvalue weighted by Crippen LogP contribution is 2.25. The first-order chi connectivity index (χ1) is 9.74. The molecule has 0 aliphatic carbocycles. The Labute approximate surface area is 120 Å². The van der Waals surface area contributed by atoms with E-state index in [0.29, 0.717) is 13.1 Å². The Morgan fingerprint density at radius 3 is 3.30 bits per heavy atom. The fourth-order valence-electron chi connectivity index (χ4n) is 2.35. The van der Waals surface area contributed by atoms with Gasteiger partial charge in [0.1, 0.15) is 6.04 Å². The maximum Gasteiger partial charge on any atom is 0.236 e. The summed E-state index contributed by atoms with van der Waals surface area (Å²) in [4.78, 5) is 14.5. The van der Waals surface area contributed by atoms with Crippen LogP contribution in [0, 0.1) is 0 Å². The van der Waals surface area contributed by atoms with Crippen molar-refractivity contribution in [1.29, 1.82) is 0 Å². The molecule has 0 spiro atoms. The van der Waals surface area contributed by atoms with Crippen LogP contribution >= 0.6 is 11.3 Å². The molecule has 1 atom stereocenters. The molecule has 1 amide bonds. The first kappa shape index (κ1) is 13.3. The first-order valence-corrected chi connectivity index (χ1v) is 7.35. The Morgan fingerprint density at radius 2 is 2.55 bits per heavy atom. The van der Waals surface area contributed by atoms with Crippen LogP contribution < -0.4 is 11.1 Å². The monoisotopic (exact) mass is 292 g/mol. The van der Waals surface area contributed by atoms with E-state index in [1.54, 1.807) is 11.3 Å². The SMILES string of the molecule is NC(=O)C1CNCCN1Cc1cc(-c2cccs2)on1. The zero-order chi connectivity index (χ0) is 13.9. The van der Waals surface area contributed by atoms with Gasteiger partial charge in [-0.15, -0.1) is 11.3 Å². The molecule has 1 aliphatic heterocycles. The fraction of sp³-hybridized carbons (Fsp3) is 0.385. The average molecular weight is 292 g/mol. The molecule has 0 bridgehead atoms. The number of nitrogens with two attached hydrogens (primary N) is 1. The van der Waals surface area contributed by atoms with E-state index >= 15 is 0 Å². The number of amides is 1. The fourth-order valence-corrected chi connectivity index (χ4v) is 3.02. The smallest absolute Gasteiger partial charge is 0.236 e. The molecule has 2 aromatic heterocycles. The molecule has 20 heavy (non-hydrogen) atoms. The minimum Gasteiger partial charge on any atom is -0.368 e. The lowest BCUT2D eigenvalue weighted by Gasteiger charge is -2.33. The van der Waals surface area contributed by atoms with E-state index in [4.69, 9.17) is 10.3 Å². The topological polar surface area (TPSA) is 84.4 Å².